The molecule has 74 heavy (non-hydrogen) atoms. The number of fused-ring (bicyclic) bond motifs is 14. The van der Waals surface area contributed by atoms with Crippen LogP contribution in [0.25, 0.3) is 122 Å². The van der Waals surface area contributed by atoms with Crippen molar-refractivity contribution < 1.29 is 0 Å². The van der Waals surface area contributed by atoms with E-state index in [1.807, 2.05) is 6.07 Å². The number of hydrogen-bond acceptors (Lipinski definition) is 2. The molecule has 10 aromatic carbocycles. The van der Waals surface area contributed by atoms with Gasteiger partial charge >= 0.3 is 0 Å². The minimum atomic E-state index is -0.215. The van der Waals surface area contributed by atoms with Gasteiger partial charge in [-0.05, 0) is 87.0 Å². The van der Waals surface area contributed by atoms with Gasteiger partial charge in [0.1, 0.15) is 0 Å². The summed E-state index contributed by atoms with van der Waals surface area (Å²) in [7, 11) is 0. The van der Waals surface area contributed by atoms with Gasteiger partial charge in [0.05, 0.1) is 44.8 Å². The summed E-state index contributed by atoms with van der Waals surface area (Å²) in [4.78, 5) is 10.6. The molecule has 0 atom stereocenters. The lowest BCUT2D eigenvalue weighted by atomic mass is 9.80. The lowest BCUT2D eigenvalue weighted by molar-refractivity contribution is 0.666. The third-order valence-electron chi connectivity index (χ3n) is 16.5. The Morgan fingerprint density at radius 1 is 0.311 bits per heavy atom. The maximum Gasteiger partial charge on any atom is 0.160 e. The Hall–Kier alpha value is -9.12. The first-order valence-electron chi connectivity index (χ1n) is 25.8. The second-order valence-corrected chi connectivity index (χ2v) is 21.3. The fourth-order valence-corrected chi connectivity index (χ4v) is 13.3. The molecule has 0 fully saturated rings. The van der Waals surface area contributed by atoms with Crippen molar-refractivity contribution in [2.45, 2.75) is 38.5 Å². The van der Waals surface area contributed by atoms with Crippen LogP contribution in [0.15, 0.2) is 231 Å². The van der Waals surface area contributed by atoms with Crippen LogP contribution in [0.5, 0.6) is 0 Å². The van der Waals surface area contributed by atoms with Crippen LogP contribution >= 0.6 is 0 Å². The van der Waals surface area contributed by atoms with Gasteiger partial charge in [-0.3, -0.25) is 0 Å². The van der Waals surface area contributed by atoms with E-state index in [9.17, 15) is 0 Å². The summed E-state index contributed by atoms with van der Waals surface area (Å²) in [6.45, 7) is 9.59. The summed E-state index contributed by atoms with van der Waals surface area (Å²) in [5.74, 6) is 0.691. The van der Waals surface area contributed by atoms with E-state index in [2.05, 4.69) is 261 Å². The second kappa shape index (κ2) is 15.7. The number of benzene rings is 10. The molecule has 15 rings (SSSR count). The van der Waals surface area contributed by atoms with Crippen molar-refractivity contribution in [3.05, 3.63) is 253 Å². The van der Waals surface area contributed by atoms with Gasteiger partial charge in [-0.2, -0.15) is 0 Å². The van der Waals surface area contributed by atoms with Crippen LogP contribution in [0.3, 0.4) is 0 Å². The molecule has 0 saturated carbocycles. The molecule has 4 heteroatoms. The SMILES string of the molecule is CC1(C)c2ccccc2-c2ccc3c(c21)c1ccccc1n3-c1ccccc1-c1ccc(-c2cc(-c3ccccc3)nc(-c3ccccc3)n2)cc1-n1c2ccccc2c2c3c(ccc21)-c1ccccc1C3(C)C. The molecule has 0 unspecified atom stereocenters. The first-order chi connectivity index (χ1) is 36.3. The predicted octanol–water partition coefficient (Wildman–Crippen LogP) is 18.0. The lowest BCUT2D eigenvalue weighted by Gasteiger charge is -2.23. The summed E-state index contributed by atoms with van der Waals surface area (Å²) in [5.41, 5.74) is 24.3. The van der Waals surface area contributed by atoms with Gasteiger partial charge in [0.15, 0.2) is 5.82 Å². The van der Waals surface area contributed by atoms with Crippen molar-refractivity contribution in [3.8, 4) is 78.7 Å². The highest BCUT2D eigenvalue weighted by Gasteiger charge is 2.40. The van der Waals surface area contributed by atoms with Crippen molar-refractivity contribution in [3.63, 3.8) is 0 Å². The van der Waals surface area contributed by atoms with Crippen LogP contribution in [0.2, 0.25) is 0 Å². The average Bonchev–Trinajstić information content (AvgIpc) is 4.16. The van der Waals surface area contributed by atoms with Gasteiger partial charge in [-0.15, -0.1) is 0 Å². The number of para-hydroxylation sites is 3. The van der Waals surface area contributed by atoms with Gasteiger partial charge in [0.2, 0.25) is 0 Å². The highest BCUT2D eigenvalue weighted by molar-refractivity contribution is 6.16. The van der Waals surface area contributed by atoms with E-state index in [0.29, 0.717) is 5.82 Å². The third-order valence-corrected chi connectivity index (χ3v) is 16.5. The fraction of sp³-hybridized carbons (Fsp3) is 0.0857. The number of nitrogens with zero attached hydrogens (tertiary/aromatic N) is 4. The van der Waals surface area contributed by atoms with Gasteiger partial charge in [-0.25, -0.2) is 9.97 Å². The minimum Gasteiger partial charge on any atom is -0.309 e. The molecule has 0 spiro atoms. The van der Waals surface area contributed by atoms with Crippen molar-refractivity contribution >= 4 is 43.6 Å². The highest BCUT2D eigenvalue weighted by atomic mass is 15.0. The zero-order valence-corrected chi connectivity index (χ0v) is 41.7. The molecule has 350 valence electrons. The van der Waals surface area contributed by atoms with Gasteiger partial charge in [-0.1, -0.05) is 216 Å². The van der Waals surface area contributed by atoms with Crippen LogP contribution in [-0.4, -0.2) is 19.1 Å². The first kappa shape index (κ1) is 42.6. The van der Waals surface area contributed by atoms with Crippen LogP contribution < -0.4 is 0 Å². The Morgan fingerprint density at radius 2 is 0.743 bits per heavy atom. The van der Waals surface area contributed by atoms with Crippen LogP contribution in [0, 0.1) is 0 Å². The number of hydrogen-bond donors (Lipinski definition) is 0. The van der Waals surface area contributed by atoms with Gasteiger partial charge in [0, 0.05) is 60.2 Å². The standard InChI is InChI=1S/C70H50N4/c1-69(2)54-30-16-11-25-46(54)50-37-39-61-64(66(50)69)52-28-14-19-33-59(52)73(61)58-32-18-13-27-48(58)49-36-35-45(57-42-56(43-21-7-5-8-22-43)71-68(72-57)44-23-9-6-10-24-44)41-63(49)74-60-34-20-15-29-53(60)65-62(74)40-38-51-47-26-12-17-31-55(47)70(3,4)67(51)65/h5-42H,1-4H3. The quantitative estimate of drug-likeness (QED) is 0.166. The Labute approximate surface area is 430 Å². The minimum absolute atomic E-state index is 0.183. The predicted molar refractivity (Wildman–Crippen MR) is 308 cm³/mol. The largest absolute Gasteiger partial charge is 0.309 e. The maximum absolute atomic E-state index is 5.40. The number of rotatable bonds is 6. The average molecular weight is 947 g/mol. The first-order valence-corrected chi connectivity index (χ1v) is 25.8. The van der Waals surface area contributed by atoms with Crippen molar-refractivity contribution in [2.24, 2.45) is 0 Å². The van der Waals surface area contributed by atoms with E-state index in [1.54, 1.807) is 0 Å². The zero-order chi connectivity index (χ0) is 49.5. The lowest BCUT2D eigenvalue weighted by Crippen LogP contribution is -2.15. The molecule has 0 saturated heterocycles. The monoisotopic (exact) mass is 946 g/mol. The smallest absolute Gasteiger partial charge is 0.160 e. The zero-order valence-electron chi connectivity index (χ0n) is 41.7. The molecule has 0 radical (unpaired) electrons. The van der Waals surface area contributed by atoms with Gasteiger partial charge < -0.3 is 9.13 Å². The highest BCUT2D eigenvalue weighted by Crippen LogP contribution is 2.56. The topological polar surface area (TPSA) is 35.6 Å². The van der Waals surface area contributed by atoms with E-state index < -0.39 is 0 Å². The molecular formula is C70H50N4. The third kappa shape index (κ3) is 5.97. The Morgan fingerprint density at radius 3 is 1.32 bits per heavy atom. The Balaban J connectivity index is 1.03. The molecule has 3 heterocycles. The summed E-state index contributed by atoms with van der Waals surface area (Å²) >= 11 is 0. The van der Waals surface area contributed by atoms with Crippen molar-refractivity contribution in [1.29, 1.82) is 0 Å². The molecule has 2 aliphatic rings. The molecule has 0 amide bonds. The van der Waals surface area contributed by atoms with E-state index in [4.69, 9.17) is 9.97 Å². The van der Waals surface area contributed by atoms with Crippen LogP contribution in [0.1, 0.15) is 49.9 Å². The Kier molecular flexibility index (Phi) is 9.02. The summed E-state index contributed by atoms with van der Waals surface area (Å²) < 4.78 is 5.06. The van der Waals surface area contributed by atoms with E-state index in [-0.39, 0.29) is 10.8 Å². The van der Waals surface area contributed by atoms with E-state index in [0.717, 1.165) is 56.1 Å². The molecular weight excluding hydrogens is 897 g/mol. The molecule has 0 bridgehead atoms. The molecule has 0 aliphatic heterocycles. The second-order valence-electron chi connectivity index (χ2n) is 21.3. The summed E-state index contributed by atoms with van der Waals surface area (Å²) in [6.07, 6.45) is 0. The van der Waals surface area contributed by atoms with Crippen molar-refractivity contribution in [2.75, 3.05) is 0 Å². The van der Waals surface area contributed by atoms with Gasteiger partial charge in [0.25, 0.3) is 0 Å². The molecule has 0 N–H and O–H groups in total. The molecule has 3 aromatic heterocycles. The van der Waals surface area contributed by atoms with Crippen LogP contribution in [0.4, 0.5) is 0 Å². The number of aromatic nitrogens is 4. The van der Waals surface area contributed by atoms with E-state index in [1.165, 1.54) is 82.6 Å². The summed E-state index contributed by atoms with van der Waals surface area (Å²) in [5, 5.41) is 5.11. The van der Waals surface area contributed by atoms with E-state index >= 15 is 0 Å². The maximum atomic E-state index is 5.40. The molecule has 2 aliphatic carbocycles. The molecule has 4 nitrogen and oxygen atoms in total. The summed E-state index contributed by atoms with van der Waals surface area (Å²) in [6, 6.07) is 84.4. The Bertz CT molecular complexity index is 4420. The van der Waals surface area contributed by atoms with Crippen LogP contribution in [-0.2, 0) is 10.8 Å². The van der Waals surface area contributed by atoms with Crippen molar-refractivity contribution in [1.82, 2.24) is 19.1 Å². The fourth-order valence-electron chi connectivity index (χ4n) is 13.3. The molecule has 13 aromatic rings. The normalized spacial score (nSPS) is 13.9.